The van der Waals surface area contributed by atoms with Gasteiger partial charge in [0.15, 0.2) is 17.3 Å². The lowest BCUT2D eigenvalue weighted by Crippen LogP contribution is -1.94. The number of carbonyl (C=O) groups is 1. The van der Waals surface area contributed by atoms with Gasteiger partial charge in [0.05, 0.1) is 12.1 Å². The first-order valence-electron chi connectivity index (χ1n) is 6.05. The number of allylic oxidation sites excluding steroid dienone is 1. The number of aromatic hydroxyl groups is 1. The molecule has 0 saturated carbocycles. The number of methoxy groups -OCH3 is 1. The van der Waals surface area contributed by atoms with E-state index >= 15 is 0 Å². The molecule has 5 heteroatoms. The molecular weight excluding hydrogens is 295 g/mol. The van der Waals surface area contributed by atoms with E-state index in [2.05, 4.69) is 0 Å². The van der Waals surface area contributed by atoms with Gasteiger partial charge in [-0.1, -0.05) is 17.7 Å². The number of benzene rings is 2. The van der Waals surface area contributed by atoms with Crippen molar-refractivity contribution in [1.29, 1.82) is 0 Å². The first-order chi connectivity index (χ1) is 10.0. The van der Waals surface area contributed by atoms with Crippen molar-refractivity contribution in [2.24, 2.45) is 0 Å². The molecule has 108 valence electrons. The van der Waals surface area contributed by atoms with Crippen molar-refractivity contribution >= 4 is 23.5 Å². The van der Waals surface area contributed by atoms with Crippen LogP contribution in [0.25, 0.3) is 6.08 Å². The van der Waals surface area contributed by atoms with Crippen LogP contribution in [-0.2, 0) is 0 Å². The zero-order valence-electron chi connectivity index (χ0n) is 11.1. The van der Waals surface area contributed by atoms with Gasteiger partial charge in [0.2, 0.25) is 0 Å². The van der Waals surface area contributed by atoms with Crippen LogP contribution < -0.4 is 4.74 Å². The summed E-state index contributed by atoms with van der Waals surface area (Å²) >= 11 is 5.86. The molecule has 2 aromatic rings. The molecular formula is C16H12ClFO3. The van der Waals surface area contributed by atoms with Crippen LogP contribution in [0.2, 0.25) is 5.02 Å². The van der Waals surface area contributed by atoms with Gasteiger partial charge in [-0.05, 0) is 48.0 Å². The summed E-state index contributed by atoms with van der Waals surface area (Å²) in [5.41, 5.74) is 0.981. The lowest BCUT2D eigenvalue weighted by Gasteiger charge is -2.06. The Morgan fingerprint density at radius 2 is 1.95 bits per heavy atom. The van der Waals surface area contributed by atoms with Crippen LogP contribution in [-0.4, -0.2) is 18.0 Å². The molecule has 0 aliphatic rings. The zero-order chi connectivity index (χ0) is 15.4. The Kier molecular flexibility index (Phi) is 4.60. The first kappa shape index (κ1) is 15.1. The molecule has 1 N–H and O–H groups in total. The monoisotopic (exact) mass is 306 g/mol. The number of rotatable bonds is 4. The third-order valence-electron chi connectivity index (χ3n) is 2.83. The number of ketones is 1. The zero-order valence-corrected chi connectivity index (χ0v) is 11.9. The molecule has 0 saturated heterocycles. The number of phenolic OH excluding ortho intramolecular Hbond substituents is 1. The normalized spacial score (nSPS) is 10.8. The second-order valence-electron chi connectivity index (χ2n) is 4.26. The average Bonchev–Trinajstić information content (AvgIpc) is 2.48. The number of hydrogen-bond donors (Lipinski definition) is 1. The molecule has 0 radical (unpaired) electrons. The van der Waals surface area contributed by atoms with Gasteiger partial charge in [0.25, 0.3) is 0 Å². The van der Waals surface area contributed by atoms with Gasteiger partial charge in [0.1, 0.15) is 5.82 Å². The quantitative estimate of drug-likeness (QED) is 0.683. The molecule has 2 aromatic carbocycles. The molecule has 0 aromatic heterocycles. The van der Waals surface area contributed by atoms with E-state index in [0.717, 1.165) is 0 Å². The van der Waals surface area contributed by atoms with E-state index in [9.17, 15) is 14.3 Å². The van der Waals surface area contributed by atoms with Crippen LogP contribution in [0.5, 0.6) is 11.5 Å². The summed E-state index contributed by atoms with van der Waals surface area (Å²) in [5, 5.41) is 9.75. The molecule has 2 rings (SSSR count). The highest BCUT2D eigenvalue weighted by molar-refractivity contribution is 6.32. The molecule has 0 aliphatic carbocycles. The summed E-state index contributed by atoms with van der Waals surface area (Å²) in [6, 6.07) is 8.32. The summed E-state index contributed by atoms with van der Waals surface area (Å²) in [4.78, 5) is 11.9. The second-order valence-corrected chi connectivity index (χ2v) is 4.67. The Balaban J connectivity index is 2.23. The molecule has 3 nitrogen and oxygen atoms in total. The van der Waals surface area contributed by atoms with Crippen LogP contribution in [0.4, 0.5) is 4.39 Å². The summed E-state index contributed by atoms with van der Waals surface area (Å²) in [6.45, 7) is 0. The van der Waals surface area contributed by atoms with Crippen LogP contribution in [0, 0.1) is 5.82 Å². The highest BCUT2D eigenvalue weighted by atomic mass is 35.5. The van der Waals surface area contributed by atoms with Crippen molar-refractivity contribution in [2.45, 2.75) is 0 Å². The Bertz CT molecular complexity index is 693. The highest BCUT2D eigenvalue weighted by Crippen LogP contribution is 2.35. The lowest BCUT2D eigenvalue weighted by atomic mass is 10.1. The van der Waals surface area contributed by atoms with Crippen LogP contribution >= 0.6 is 11.6 Å². The van der Waals surface area contributed by atoms with E-state index in [1.807, 2.05) is 0 Å². The summed E-state index contributed by atoms with van der Waals surface area (Å²) in [7, 11) is 1.41. The van der Waals surface area contributed by atoms with Crippen molar-refractivity contribution in [1.82, 2.24) is 0 Å². The average molecular weight is 307 g/mol. The van der Waals surface area contributed by atoms with Crippen LogP contribution in [0.3, 0.4) is 0 Å². The third-order valence-corrected chi connectivity index (χ3v) is 3.11. The van der Waals surface area contributed by atoms with E-state index in [4.69, 9.17) is 16.3 Å². The Hall–Kier alpha value is -2.33. The predicted octanol–water partition coefficient (Wildman–Crippen LogP) is 4.09. The smallest absolute Gasteiger partial charge is 0.185 e. The van der Waals surface area contributed by atoms with Gasteiger partial charge >= 0.3 is 0 Å². The van der Waals surface area contributed by atoms with Crippen molar-refractivity contribution in [3.63, 3.8) is 0 Å². The fourth-order valence-corrected chi connectivity index (χ4v) is 1.95. The van der Waals surface area contributed by atoms with E-state index < -0.39 is 5.82 Å². The molecule has 0 spiro atoms. The Labute approximate surface area is 126 Å². The number of ether oxygens (including phenoxy) is 1. The Morgan fingerprint density at radius 1 is 1.29 bits per heavy atom. The number of hydrogen-bond acceptors (Lipinski definition) is 3. The predicted molar refractivity (Wildman–Crippen MR) is 79.4 cm³/mol. The number of phenols is 1. The maximum Gasteiger partial charge on any atom is 0.185 e. The van der Waals surface area contributed by atoms with Gasteiger partial charge in [-0.25, -0.2) is 4.39 Å². The van der Waals surface area contributed by atoms with E-state index in [1.54, 1.807) is 12.1 Å². The van der Waals surface area contributed by atoms with Gasteiger partial charge in [-0.3, -0.25) is 4.79 Å². The minimum Gasteiger partial charge on any atom is -0.503 e. The van der Waals surface area contributed by atoms with Gasteiger partial charge in [-0.15, -0.1) is 0 Å². The molecule has 0 unspecified atom stereocenters. The molecule has 0 fully saturated rings. The fourth-order valence-electron chi connectivity index (χ4n) is 1.73. The van der Waals surface area contributed by atoms with Crippen LogP contribution in [0.15, 0.2) is 42.5 Å². The highest BCUT2D eigenvalue weighted by Gasteiger charge is 2.08. The van der Waals surface area contributed by atoms with Gasteiger partial charge < -0.3 is 9.84 Å². The lowest BCUT2D eigenvalue weighted by molar-refractivity contribution is 0.104. The molecule has 0 aliphatic heterocycles. The second kappa shape index (κ2) is 6.41. The first-order valence-corrected chi connectivity index (χ1v) is 6.43. The largest absolute Gasteiger partial charge is 0.503 e. The summed E-state index contributed by atoms with van der Waals surface area (Å²) in [5.74, 6) is -0.596. The maximum atomic E-state index is 12.8. The Morgan fingerprint density at radius 3 is 2.57 bits per heavy atom. The van der Waals surface area contributed by atoms with E-state index in [0.29, 0.717) is 11.1 Å². The molecule has 0 bridgehead atoms. The number of carbonyl (C=O) groups excluding carboxylic acids is 1. The van der Waals surface area contributed by atoms with Crippen molar-refractivity contribution in [2.75, 3.05) is 7.11 Å². The minimum absolute atomic E-state index is 0.128. The standard InChI is InChI=1S/C16H12ClFO3/c1-21-15-9-10(8-13(17)16(15)20)2-7-14(19)11-3-5-12(18)6-4-11/h2-9,20H,1H3/b7-2+. The van der Waals surface area contributed by atoms with Crippen molar-refractivity contribution in [3.8, 4) is 11.5 Å². The molecule has 0 atom stereocenters. The topological polar surface area (TPSA) is 46.5 Å². The van der Waals surface area contributed by atoms with E-state index in [1.165, 1.54) is 43.5 Å². The molecule has 0 amide bonds. The van der Waals surface area contributed by atoms with Gasteiger partial charge in [-0.2, -0.15) is 0 Å². The van der Waals surface area contributed by atoms with Crippen molar-refractivity contribution in [3.05, 3.63) is 64.4 Å². The summed E-state index contributed by atoms with van der Waals surface area (Å²) in [6.07, 6.45) is 2.88. The van der Waals surface area contributed by atoms with Crippen molar-refractivity contribution < 1.29 is 19.0 Å². The maximum absolute atomic E-state index is 12.8. The van der Waals surface area contributed by atoms with E-state index in [-0.39, 0.29) is 22.3 Å². The summed E-state index contributed by atoms with van der Waals surface area (Å²) < 4.78 is 17.8. The minimum atomic E-state index is -0.398. The molecule has 21 heavy (non-hydrogen) atoms. The SMILES string of the molecule is COc1cc(/C=C/C(=O)c2ccc(F)cc2)cc(Cl)c1O. The fraction of sp³-hybridized carbons (Fsp3) is 0.0625. The van der Waals surface area contributed by atoms with Gasteiger partial charge in [0, 0.05) is 5.56 Å². The third kappa shape index (κ3) is 3.61. The number of halogens is 2. The molecule has 0 heterocycles. The van der Waals surface area contributed by atoms with Crippen LogP contribution in [0.1, 0.15) is 15.9 Å².